The van der Waals surface area contributed by atoms with Crippen molar-refractivity contribution in [2.75, 3.05) is 13.2 Å². The summed E-state index contributed by atoms with van der Waals surface area (Å²) in [4.78, 5) is 11.4. The van der Waals surface area contributed by atoms with Crippen molar-refractivity contribution in [3.05, 3.63) is 0 Å². The number of carbonyl (C=O) groups excluding carboxylic acids is 1. The van der Waals surface area contributed by atoms with Gasteiger partial charge >= 0.3 is 0 Å². The van der Waals surface area contributed by atoms with Gasteiger partial charge in [-0.1, -0.05) is 0 Å². The maximum absolute atomic E-state index is 11.4. The van der Waals surface area contributed by atoms with Crippen LogP contribution in [0.15, 0.2) is 0 Å². The quantitative estimate of drug-likeness (QED) is 0.585. The summed E-state index contributed by atoms with van der Waals surface area (Å²) in [5.74, 6) is -0.123. The molecule has 0 spiro atoms. The zero-order valence-electron chi connectivity index (χ0n) is 8.97. The van der Waals surface area contributed by atoms with Crippen LogP contribution in [0.3, 0.4) is 0 Å². The fourth-order valence-corrected chi connectivity index (χ4v) is 1.42. The Bertz CT molecular complexity index is 217. The van der Waals surface area contributed by atoms with Gasteiger partial charge in [0.2, 0.25) is 5.91 Å². The monoisotopic (exact) mass is 200 g/mol. The second kappa shape index (κ2) is 3.87. The van der Waals surface area contributed by atoms with Gasteiger partial charge in [0.1, 0.15) is 0 Å². The van der Waals surface area contributed by atoms with Crippen LogP contribution in [0.1, 0.15) is 33.1 Å². The molecular formula is C10H20N2O2. The molecule has 14 heavy (non-hydrogen) atoms. The number of hydrogen-bond acceptors (Lipinski definition) is 3. The van der Waals surface area contributed by atoms with Crippen molar-refractivity contribution in [1.29, 1.82) is 0 Å². The highest BCUT2D eigenvalue weighted by Gasteiger charge is 2.42. The van der Waals surface area contributed by atoms with Gasteiger partial charge in [0.25, 0.3) is 0 Å². The summed E-state index contributed by atoms with van der Waals surface area (Å²) >= 11 is 0. The summed E-state index contributed by atoms with van der Waals surface area (Å²) < 4.78 is 0. The fraction of sp³-hybridized carbons (Fsp3) is 0.900. The Balaban J connectivity index is 2.30. The first-order valence-corrected chi connectivity index (χ1v) is 5.08. The van der Waals surface area contributed by atoms with E-state index >= 15 is 0 Å². The average molecular weight is 200 g/mol. The van der Waals surface area contributed by atoms with E-state index in [0.717, 1.165) is 19.3 Å². The van der Waals surface area contributed by atoms with Crippen molar-refractivity contribution in [2.24, 2.45) is 11.1 Å². The van der Waals surface area contributed by atoms with Crippen molar-refractivity contribution in [3.8, 4) is 0 Å². The lowest BCUT2D eigenvalue weighted by Gasteiger charge is -2.21. The summed E-state index contributed by atoms with van der Waals surface area (Å²) in [5, 5.41) is 11.7. The molecule has 0 saturated heterocycles. The molecule has 0 heterocycles. The molecule has 0 aromatic carbocycles. The lowest BCUT2D eigenvalue weighted by molar-refractivity contribution is -0.125. The third kappa shape index (κ3) is 2.96. The van der Waals surface area contributed by atoms with Crippen LogP contribution in [-0.2, 0) is 4.79 Å². The van der Waals surface area contributed by atoms with Crippen molar-refractivity contribution in [1.82, 2.24) is 5.32 Å². The number of nitrogens with one attached hydrogen (secondary N) is 1. The molecule has 82 valence electrons. The molecule has 1 saturated carbocycles. The Morgan fingerprint density at radius 3 is 2.50 bits per heavy atom. The van der Waals surface area contributed by atoms with Gasteiger partial charge in [-0.05, 0) is 38.5 Å². The Morgan fingerprint density at radius 2 is 2.14 bits per heavy atom. The largest absolute Gasteiger partial charge is 0.396 e. The summed E-state index contributed by atoms with van der Waals surface area (Å²) in [5.41, 5.74) is 4.99. The van der Waals surface area contributed by atoms with E-state index in [2.05, 4.69) is 5.32 Å². The van der Waals surface area contributed by atoms with E-state index in [1.807, 2.05) is 0 Å². The SMILES string of the molecule is CC(C)(N)C(=O)NCC1(CCO)CC1. The van der Waals surface area contributed by atoms with Crippen molar-refractivity contribution in [3.63, 3.8) is 0 Å². The fourth-order valence-electron chi connectivity index (χ4n) is 1.42. The number of amides is 1. The smallest absolute Gasteiger partial charge is 0.239 e. The molecule has 1 rings (SSSR count). The molecular weight excluding hydrogens is 180 g/mol. The van der Waals surface area contributed by atoms with Gasteiger partial charge in [-0.25, -0.2) is 0 Å². The minimum atomic E-state index is -0.810. The zero-order chi connectivity index (χ0) is 10.8. The highest BCUT2D eigenvalue weighted by molar-refractivity contribution is 5.85. The van der Waals surface area contributed by atoms with Crippen LogP contribution in [0.5, 0.6) is 0 Å². The maximum atomic E-state index is 11.4. The molecule has 1 amide bonds. The summed E-state index contributed by atoms with van der Waals surface area (Å²) in [6, 6.07) is 0. The normalized spacial score (nSPS) is 19.1. The first kappa shape index (κ1) is 11.5. The second-order valence-electron chi connectivity index (χ2n) is 4.88. The van der Waals surface area contributed by atoms with E-state index in [1.165, 1.54) is 0 Å². The summed E-state index contributed by atoms with van der Waals surface area (Å²) in [6.07, 6.45) is 2.97. The predicted octanol–water partition coefficient (Wildman–Crippen LogP) is 0.00250. The Hall–Kier alpha value is -0.610. The molecule has 0 atom stereocenters. The second-order valence-corrected chi connectivity index (χ2v) is 4.88. The Morgan fingerprint density at radius 1 is 1.57 bits per heavy atom. The number of aliphatic hydroxyl groups excluding tert-OH is 1. The molecule has 4 N–H and O–H groups in total. The molecule has 4 heteroatoms. The van der Waals surface area contributed by atoms with Crippen molar-refractivity contribution < 1.29 is 9.90 Å². The van der Waals surface area contributed by atoms with E-state index in [-0.39, 0.29) is 17.9 Å². The van der Waals surface area contributed by atoms with Gasteiger partial charge in [0, 0.05) is 13.2 Å². The van der Waals surface area contributed by atoms with Crippen molar-refractivity contribution >= 4 is 5.91 Å². The molecule has 0 unspecified atom stereocenters. The molecule has 1 aliphatic rings. The van der Waals surface area contributed by atoms with Crippen LogP contribution in [0.25, 0.3) is 0 Å². The lowest BCUT2D eigenvalue weighted by atomic mass is 10.0. The molecule has 4 nitrogen and oxygen atoms in total. The van der Waals surface area contributed by atoms with E-state index in [0.29, 0.717) is 6.54 Å². The minimum Gasteiger partial charge on any atom is -0.396 e. The highest BCUT2D eigenvalue weighted by atomic mass is 16.3. The molecule has 0 aromatic rings. The Kier molecular flexibility index (Phi) is 3.17. The Labute approximate surface area is 84.9 Å². The minimum absolute atomic E-state index is 0.123. The maximum Gasteiger partial charge on any atom is 0.239 e. The number of carbonyl (C=O) groups is 1. The third-order valence-corrected chi connectivity index (χ3v) is 2.81. The molecule has 0 aliphatic heterocycles. The van der Waals surface area contributed by atoms with Gasteiger partial charge in [-0.2, -0.15) is 0 Å². The predicted molar refractivity (Wildman–Crippen MR) is 54.6 cm³/mol. The number of aliphatic hydroxyl groups is 1. The van der Waals surface area contributed by atoms with Gasteiger partial charge in [-0.15, -0.1) is 0 Å². The molecule has 1 aliphatic carbocycles. The van der Waals surface area contributed by atoms with Gasteiger partial charge in [0.15, 0.2) is 0 Å². The average Bonchev–Trinajstić information content (AvgIpc) is 2.80. The van der Waals surface area contributed by atoms with E-state index in [1.54, 1.807) is 13.8 Å². The third-order valence-electron chi connectivity index (χ3n) is 2.81. The van der Waals surface area contributed by atoms with Crippen molar-refractivity contribution in [2.45, 2.75) is 38.6 Å². The van der Waals surface area contributed by atoms with E-state index in [9.17, 15) is 4.79 Å². The lowest BCUT2D eigenvalue weighted by Crippen LogP contribution is -2.50. The van der Waals surface area contributed by atoms with Gasteiger partial charge < -0.3 is 16.2 Å². The standard InChI is InChI=1S/C10H20N2O2/c1-9(2,11)8(14)12-7-10(3-4-10)5-6-13/h13H,3-7,11H2,1-2H3,(H,12,14). The van der Waals surface area contributed by atoms with E-state index < -0.39 is 5.54 Å². The molecule has 0 radical (unpaired) electrons. The number of nitrogens with two attached hydrogens (primary N) is 1. The first-order chi connectivity index (χ1) is 6.40. The molecule has 0 bridgehead atoms. The number of rotatable bonds is 5. The van der Waals surface area contributed by atoms with Crippen LogP contribution in [-0.4, -0.2) is 29.7 Å². The zero-order valence-corrected chi connectivity index (χ0v) is 8.97. The van der Waals surface area contributed by atoms with Crippen LogP contribution >= 0.6 is 0 Å². The topological polar surface area (TPSA) is 75.4 Å². The number of hydrogen-bond donors (Lipinski definition) is 3. The molecule has 0 aromatic heterocycles. The van der Waals surface area contributed by atoms with Gasteiger partial charge in [0.05, 0.1) is 5.54 Å². The first-order valence-electron chi connectivity index (χ1n) is 5.08. The summed E-state index contributed by atoms with van der Waals surface area (Å²) in [7, 11) is 0. The van der Waals surface area contributed by atoms with Crippen LogP contribution in [0, 0.1) is 5.41 Å². The van der Waals surface area contributed by atoms with Gasteiger partial charge in [-0.3, -0.25) is 4.79 Å². The molecule has 1 fully saturated rings. The van der Waals surface area contributed by atoms with Crippen LogP contribution in [0.4, 0.5) is 0 Å². The van der Waals surface area contributed by atoms with E-state index in [4.69, 9.17) is 10.8 Å². The highest BCUT2D eigenvalue weighted by Crippen LogP contribution is 2.47. The van der Waals surface area contributed by atoms with Crippen LogP contribution < -0.4 is 11.1 Å². The summed E-state index contributed by atoms with van der Waals surface area (Å²) in [6.45, 7) is 4.22. The van der Waals surface area contributed by atoms with Crippen LogP contribution in [0.2, 0.25) is 0 Å².